The molecule has 0 aliphatic heterocycles. The lowest BCUT2D eigenvalue weighted by atomic mass is 9.97. The van der Waals surface area contributed by atoms with Gasteiger partial charge in [0.25, 0.3) is 0 Å². The van der Waals surface area contributed by atoms with E-state index in [9.17, 15) is 14.4 Å². The number of nitrogens with zero attached hydrogens (tertiary/aromatic N) is 1. The van der Waals surface area contributed by atoms with Crippen molar-refractivity contribution >= 4 is 17.9 Å². The van der Waals surface area contributed by atoms with Crippen LogP contribution in [0.4, 0.5) is 4.79 Å². The van der Waals surface area contributed by atoms with Crippen LogP contribution in [0.25, 0.3) is 11.1 Å². The van der Waals surface area contributed by atoms with Crippen molar-refractivity contribution in [1.29, 1.82) is 0 Å². The number of primary amides is 1. The molecule has 0 aliphatic carbocycles. The Hall–Kier alpha value is -4.91. The van der Waals surface area contributed by atoms with Gasteiger partial charge < -0.3 is 20.7 Å². The highest BCUT2D eigenvalue weighted by molar-refractivity contribution is 5.84. The number of carbonyl (C=O) groups is 3. The molecule has 0 saturated heterocycles. The van der Waals surface area contributed by atoms with Crippen molar-refractivity contribution in [2.24, 2.45) is 17.6 Å². The molecule has 0 aliphatic rings. The van der Waals surface area contributed by atoms with Crippen LogP contribution in [0.1, 0.15) is 30.5 Å². The number of nitrogens with two attached hydrogens (primary N) is 1. The second-order valence-corrected chi connectivity index (χ2v) is 11.5. The number of amides is 3. The number of nitrogens with one attached hydrogen (secondary N) is 1. The Morgan fingerprint density at radius 3 is 1.77 bits per heavy atom. The molecule has 7 heteroatoms. The molecule has 0 fully saturated rings. The van der Waals surface area contributed by atoms with Crippen molar-refractivity contribution in [3.8, 4) is 11.1 Å². The lowest BCUT2D eigenvalue weighted by Crippen LogP contribution is -2.52. The molecule has 0 aromatic heterocycles. The maximum Gasteiger partial charge on any atom is 0.329 e. The summed E-state index contributed by atoms with van der Waals surface area (Å²) in [7, 11) is 0. The fraction of sp³-hybridized carbons (Fsp3) is 0.270. The van der Waals surface area contributed by atoms with Crippen LogP contribution in [0.15, 0.2) is 115 Å². The van der Waals surface area contributed by atoms with Gasteiger partial charge in [-0.3, -0.25) is 4.79 Å². The van der Waals surface area contributed by atoms with Crippen molar-refractivity contribution in [3.63, 3.8) is 0 Å². The summed E-state index contributed by atoms with van der Waals surface area (Å²) in [5, 5.41) is 2.92. The lowest BCUT2D eigenvalue weighted by Gasteiger charge is -2.30. The van der Waals surface area contributed by atoms with Crippen LogP contribution in [-0.4, -0.2) is 41.9 Å². The predicted molar refractivity (Wildman–Crippen MR) is 173 cm³/mol. The van der Waals surface area contributed by atoms with Gasteiger partial charge in [-0.2, -0.15) is 0 Å². The molecule has 3 amide bonds. The van der Waals surface area contributed by atoms with Crippen molar-refractivity contribution < 1.29 is 19.1 Å². The molecule has 0 spiro atoms. The van der Waals surface area contributed by atoms with E-state index >= 15 is 0 Å². The van der Waals surface area contributed by atoms with Gasteiger partial charge in [-0.25, -0.2) is 9.59 Å². The molecule has 0 saturated carbocycles. The molecule has 4 rings (SSSR count). The Kier molecular flexibility index (Phi) is 11.7. The van der Waals surface area contributed by atoms with Gasteiger partial charge >= 0.3 is 12.0 Å². The highest BCUT2D eigenvalue weighted by atomic mass is 16.5. The van der Waals surface area contributed by atoms with E-state index in [4.69, 9.17) is 10.5 Å². The Bertz CT molecular complexity index is 1480. The minimum absolute atomic E-state index is 0.0928. The van der Waals surface area contributed by atoms with Gasteiger partial charge in [0, 0.05) is 19.5 Å². The Labute approximate surface area is 260 Å². The smallest absolute Gasteiger partial charge is 0.329 e. The first-order valence-corrected chi connectivity index (χ1v) is 15.0. The first-order chi connectivity index (χ1) is 21.3. The summed E-state index contributed by atoms with van der Waals surface area (Å²) in [6.45, 7) is 4.61. The zero-order valence-corrected chi connectivity index (χ0v) is 25.4. The molecule has 7 nitrogen and oxygen atoms in total. The fourth-order valence-electron chi connectivity index (χ4n) is 5.06. The van der Waals surface area contributed by atoms with E-state index in [2.05, 4.69) is 5.32 Å². The summed E-state index contributed by atoms with van der Waals surface area (Å²) < 4.78 is 5.67. The molecule has 44 heavy (non-hydrogen) atoms. The molecule has 228 valence electrons. The third kappa shape index (κ3) is 9.83. The van der Waals surface area contributed by atoms with Crippen molar-refractivity contribution in [2.75, 3.05) is 13.1 Å². The minimum atomic E-state index is -0.940. The molecule has 3 N–H and O–H groups in total. The molecule has 4 aromatic carbocycles. The second kappa shape index (κ2) is 16.1. The number of carbonyl (C=O) groups excluding carboxylic acids is 3. The maximum atomic E-state index is 13.8. The van der Waals surface area contributed by atoms with Crippen molar-refractivity contribution in [1.82, 2.24) is 10.2 Å². The van der Waals surface area contributed by atoms with Gasteiger partial charge in [-0.05, 0) is 40.2 Å². The molecular formula is C37H41N3O4. The van der Waals surface area contributed by atoms with Crippen LogP contribution in [0, 0.1) is 11.8 Å². The van der Waals surface area contributed by atoms with Gasteiger partial charge in [0.05, 0.1) is 5.92 Å². The predicted octanol–water partition coefficient (Wildman–Crippen LogP) is 6.02. The number of urea groups is 1. The van der Waals surface area contributed by atoms with Gasteiger partial charge in [0.1, 0.15) is 12.6 Å². The summed E-state index contributed by atoms with van der Waals surface area (Å²) >= 11 is 0. The van der Waals surface area contributed by atoms with Crippen LogP contribution < -0.4 is 11.1 Å². The molecule has 0 radical (unpaired) electrons. The average Bonchev–Trinajstić information content (AvgIpc) is 3.04. The van der Waals surface area contributed by atoms with Gasteiger partial charge in [-0.1, -0.05) is 129 Å². The number of hydrogen-bond donors (Lipinski definition) is 2. The van der Waals surface area contributed by atoms with Crippen LogP contribution in [0.2, 0.25) is 0 Å². The third-order valence-corrected chi connectivity index (χ3v) is 7.35. The van der Waals surface area contributed by atoms with E-state index in [1.165, 1.54) is 0 Å². The Morgan fingerprint density at radius 2 is 1.20 bits per heavy atom. The minimum Gasteiger partial charge on any atom is -0.459 e. The van der Waals surface area contributed by atoms with Crippen LogP contribution in [0.5, 0.6) is 0 Å². The molecule has 1 unspecified atom stereocenters. The molecule has 0 bridgehead atoms. The SMILES string of the molecule is CC(C)CN(CC(Cc1ccccc1)C(N)=O)C(=O)N[C@@H](Cc1ccc(-c2ccccc2)cc1)C(=O)OCc1ccccc1. The van der Waals surface area contributed by atoms with Crippen LogP contribution in [0.3, 0.4) is 0 Å². The molecule has 4 aromatic rings. The fourth-order valence-corrected chi connectivity index (χ4v) is 5.06. The van der Waals surface area contributed by atoms with Crippen LogP contribution in [-0.2, 0) is 33.8 Å². The summed E-state index contributed by atoms with van der Waals surface area (Å²) in [5.74, 6) is -1.47. The molecule has 0 heterocycles. The van der Waals surface area contributed by atoms with Crippen molar-refractivity contribution in [2.45, 2.75) is 39.3 Å². The highest BCUT2D eigenvalue weighted by Gasteiger charge is 2.29. The molecular weight excluding hydrogens is 550 g/mol. The van der Waals surface area contributed by atoms with E-state index < -0.39 is 29.9 Å². The average molecular weight is 592 g/mol. The monoisotopic (exact) mass is 591 g/mol. The lowest BCUT2D eigenvalue weighted by molar-refractivity contribution is -0.147. The Balaban J connectivity index is 1.52. The number of esters is 1. The van der Waals surface area contributed by atoms with E-state index in [-0.39, 0.29) is 25.5 Å². The number of ether oxygens (including phenoxy) is 1. The van der Waals surface area contributed by atoms with Crippen molar-refractivity contribution in [3.05, 3.63) is 132 Å². The zero-order valence-electron chi connectivity index (χ0n) is 25.4. The van der Waals surface area contributed by atoms with E-state index in [0.29, 0.717) is 13.0 Å². The highest BCUT2D eigenvalue weighted by Crippen LogP contribution is 2.20. The number of rotatable bonds is 14. The normalized spacial score (nSPS) is 12.2. The molecule has 2 atom stereocenters. The number of hydrogen-bond acceptors (Lipinski definition) is 4. The van der Waals surface area contributed by atoms with E-state index in [1.807, 2.05) is 129 Å². The van der Waals surface area contributed by atoms with Crippen LogP contribution >= 0.6 is 0 Å². The largest absolute Gasteiger partial charge is 0.459 e. The van der Waals surface area contributed by atoms with Gasteiger partial charge in [0.15, 0.2) is 0 Å². The standard InChI is InChI=1S/C37H41N3O4/c1-27(2)24-40(25-33(35(38)41)22-28-12-6-3-7-13-28)37(43)39-34(36(42)44-26-30-14-8-4-9-15-30)23-29-18-20-32(21-19-29)31-16-10-5-11-17-31/h3-21,27,33-34H,22-26H2,1-2H3,(H2,38,41)(H,39,43)/t33?,34-/m0/s1. The van der Waals surface area contributed by atoms with E-state index in [1.54, 1.807) is 4.90 Å². The summed E-state index contributed by atoms with van der Waals surface area (Å²) in [4.78, 5) is 41.2. The number of benzene rings is 4. The second-order valence-electron chi connectivity index (χ2n) is 11.5. The maximum absolute atomic E-state index is 13.8. The first-order valence-electron chi connectivity index (χ1n) is 15.0. The third-order valence-electron chi connectivity index (χ3n) is 7.35. The quantitative estimate of drug-likeness (QED) is 0.175. The van der Waals surface area contributed by atoms with E-state index in [0.717, 1.165) is 27.8 Å². The topological polar surface area (TPSA) is 102 Å². The first kappa shape index (κ1) is 32.0. The summed E-state index contributed by atoms with van der Waals surface area (Å²) in [6.07, 6.45) is 0.654. The van der Waals surface area contributed by atoms with Gasteiger partial charge in [0.2, 0.25) is 5.91 Å². The summed E-state index contributed by atoms with van der Waals surface area (Å²) in [6, 6.07) is 35.6. The zero-order chi connectivity index (χ0) is 31.3. The Morgan fingerprint density at radius 1 is 0.682 bits per heavy atom. The van der Waals surface area contributed by atoms with Gasteiger partial charge in [-0.15, -0.1) is 0 Å². The summed E-state index contributed by atoms with van der Waals surface area (Å²) in [5.41, 5.74) is 10.6.